The van der Waals surface area contributed by atoms with E-state index >= 15 is 0 Å². The van der Waals surface area contributed by atoms with Crippen molar-refractivity contribution in [1.82, 2.24) is 15.3 Å². The van der Waals surface area contributed by atoms with Gasteiger partial charge in [0.2, 0.25) is 0 Å². The van der Waals surface area contributed by atoms with E-state index in [9.17, 15) is 18.7 Å². The number of aliphatic hydroxyl groups excluding tert-OH is 1. The maximum Gasteiger partial charge on any atom is 0.254 e. The predicted molar refractivity (Wildman–Crippen MR) is 107 cm³/mol. The lowest BCUT2D eigenvalue weighted by Gasteiger charge is -2.11. The first-order valence-corrected chi connectivity index (χ1v) is 9.56. The molecule has 0 aliphatic rings. The van der Waals surface area contributed by atoms with Gasteiger partial charge in [0, 0.05) is 29.9 Å². The Labute approximate surface area is 169 Å². The van der Waals surface area contributed by atoms with Crippen LogP contribution < -0.4 is 16.0 Å². The minimum absolute atomic E-state index is 0.0127. The van der Waals surface area contributed by atoms with Crippen molar-refractivity contribution in [2.24, 2.45) is 0 Å². The summed E-state index contributed by atoms with van der Waals surface area (Å²) in [4.78, 5) is 21.2. The molecule has 4 N–H and O–H groups in total. The van der Waals surface area contributed by atoms with Crippen LogP contribution in [-0.4, -0.2) is 33.6 Å². The highest BCUT2D eigenvalue weighted by Gasteiger charge is 2.16. The summed E-state index contributed by atoms with van der Waals surface area (Å²) in [5.74, 6) is -1.87. The van der Waals surface area contributed by atoms with E-state index in [2.05, 4.69) is 25.9 Å². The number of nitrogens with one attached hydrogen (secondary N) is 3. The van der Waals surface area contributed by atoms with Gasteiger partial charge in [0.25, 0.3) is 5.91 Å². The summed E-state index contributed by atoms with van der Waals surface area (Å²) in [5, 5.41) is 18.1. The molecule has 3 aromatic rings. The van der Waals surface area contributed by atoms with Gasteiger partial charge in [0.15, 0.2) is 5.13 Å². The lowest BCUT2D eigenvalue weighted by molar-refractivity contribution is 0.0920. The molecule has 0 fully saturated rings. The molecule has 0 bridgehead atoms. The third kappa shape index (κ3) is 5.69. The number of amides is 1. The summed E-state index contributed by atoms with van der Waals surface area (Å²) < 4.78 is 28.1. The molecule has 29 heavy (non-hydrogen) atoms. The molecule has 7 nitrogen and oxygen atoms in total. The summed E-state index contributed by atoms with van der Waals surface area (Å²) in [6, 6.07) is 7.21. The van der Waals surface area contributed by atoms with E-state index in [4.69, 9.17) is 0 Å². The van der Waals surface area contributed by atoms with Gasteiger partial charge in [-0.1, -0.05) is 17.4 Å². The van der Waals surface area contributed by atoms with Gasteiger partial charge in [0.05, 0.1) is 23.9 Å². The Hall–Kier alpha value is -3.11. The van der Waals surface area contributed by atoms with Crippen molar-refractivity contribution in [3.8, 4) is 0 Å². The molecule has 0 spiro atoms. The van der Waals surface area contributed by atoms with Crippen LogP contribution in [0.2, 0.25) is 0 Å². The van der Waals surface area contributed by atoms with E-state index < -0.39 is 23.6 Å². The predicted octanol–water partition coefficient (Wildman–Crippen LogP) is 3.28. The molecule has 0 aliphatic carbocycles. The number of benzene rings is 1. The van der Waals surface area contributed by atoms with Gasteiger partial charge < -0.3 is 21.1 Å². The number of rotatable bonds is 8. The van der Waals surface area contributed by atoms with Crippen molar-refractivity contribution < 1.29 is 18.7 Å². The van der Waals surface area contributed by atoms with E-state index in [0.29, 0.717) is 17.0 Å². The average Bonchev–Trinajstić information content (AvgIpc) is 3.13. The van der Waals surface area contributed by atoms with Crippen LogP contribution in [0.3, 0.4) is 0 Å². The van der Waals surface area contributed by atoms with E-state index in [0.717, 1.165) is 10.9 Å². The summed E-state index contributed by atoms with van der Waals surface area (Å²) >= 11 is 1.35. The van der Waals surface area contributed by atoms with Gasteiger partial charge >= 0.3 is 0 Å². The summed E-state index contributed by atoms with van der Waals surface area (Å²) in [7, 11) is 0. The minimum atomic E-state index is -0.976. The second kappa shape index (κ2) is 9.39. The van der Waals surface area contributed by atoms with Crippen molar-refractivity contribution in [3.05, 3.63) is 64.8 Å². The highest BCUT2D eigenvalue weighted by molar-refractivity contribution is 7.15. The fourth-order valence-corrected chi connectivity index (χ4v) is 3.13. The van der Waals surface area contributed by atoms with Crippen molar-refractivity contribution in [2.75, 3.05) is 17.2 Å². The summed E-state index contributed by atoms with van der Waals surface area (Å²) in [6.07, 6.45) is 2.51. The number of aliphatic hydroxyl groups is 1. The van der Waals surface area contributed by atoms with E-state index in [1.165, 1.54) is 18.3 Å². The third-order valence-corrected chi connectivity index (χ3v) is 4.68. The van der Waals surface area contributed by atoms with Gasteiger partial charge in [-0.3, -0.25) is 4.79 Å². The lowest BCUT2D eigenvalue weighted by Crippen LogP contribution is -2.31. The van der Waals surface area contributed by atoms with Crippen LogP contribution in [0.1, 0.15) is 22.2 Å². The largest absolute Gasteiger partial charge is 0.392 e. The molecule has 1 aromatic carbocycles. The molecule has 2 heterocycles. The van der Waals surface area contributed by atoms with E-state index in [-0.39, 0.29) is 24.3 Å². The van der Waals surface area contributed by atoms with Gasteiger partial charge in [-0.15, -0.1) is 0 Å². The molecule has 152 valence electrons. The van der Waals surface area contributed by atoms with Crippen molar-refractivity contribution in [1.29, 1.82) is 0 Å². The van der Waals surface area contributed by atoms with Crippen LogP contribution in [0.25, 0.3) is 0 Å². The Kier molecular flexibility index (Phi) is 6.68. The zero-order chi connectivity index (χ0) is 20.8. The molecule has 10 heteroatoms. The fourth-order valence-electron chi connectivity index (χ4n) is 2.37. The molecule has 0 saturated heterocycles. The minimum Gasteiger partial charge on any atom is -0.392 e. The number of pyridine rings is 1. The topological polar surface area (TPSA) is 99.2 Å². The molecule has 0 radical (unpaired) electrons. The van der Waals surface area contributed by atoms with Gasteiger partial charge in [0.1, 0.15) is 17.5 Å². The molecule has 1 amide bonds. The van der Waals surface area contributed by atoms with E-state index in [1.54, 1.807) is 24.5 Å². The molecule has 2 aromatic heterocycles. The number of halogens is 2. The average molecular weight is 419 g/mol. The first-order valence-electron chi connectivity index (χ1n) is 8.74. The summed E-state index contributed by atoms with van der Waals surface area (Å²) in [5.41, 5.74) is -0.322. The maximum absolute atomic E-state index is 14.1. The standard InChI is InChI=1S/C19H19F2N5O2S/c1-11(27)8-24-18(28)13-6-16(15(21)7-14(13)20)23-9-12-10-25-19(29-12)26-17-4-2-3-5-22-17/h2-7,10-11,23,27H,8-9H2,1H3,(H,24,28)(H,22,25,26)/t11-/m0/s1. The number of carbonyl (C=O) groups excluding carboxylic acids is 1. The molecule has 3 rings (SSSR count). The zero-order valence-electron chi connectivity index (χ0n) is 15.4. The SMILES string of the molecule is C[C@H](O)CNC(=O)c1cc(NCc2cnc(Nc3ccccn3)s2)c(F)cc1F. The van der Waals surface area contributed by atoms with Crippen molar-refractivity contribution >= 4 is 33.9 Å². The quantitative estimate of drug-likeness (QED) is 0.447. The van der Waals surface area contributed by atoms with Crippen LogP contribution in [0, 0.1) is 11.6 Å². The third-order valence-electron chi connectivity index (χ3n) is 3.77. The van der Waals surface area contributed by atoms with Crippen LogP contribution in [0.4, 0.5) is 25.4 Å². The van der Waals surface area contributed by atoms with Gasteiger partial charge in [-0.05, 0) is 25.1 Å². The monoisotopic (exact) mass is 419 g/mol. The van der Waals surface area contributed by atoms with Crippen molar-refractivity contribution in [3.63, 3.8) is 0 Å². The first-order chi connectivity index (χ1) is 13.9. The molecule has 0 saturated carbocycles. The molecule has 1 atom stereocenters. The van der Waals surface area contributed by atoms with Crippen LogP contribution in [0.5, 0.6) is 0 Å². The maximum atomic E-state index is 14.1. The zero-order valence-corrected chi connectivity index (χ0v) is 16.3. The second-order valence-electron chi connectivity index (χ2n) is 6.20. The number of nitrogens with zero attached hydrogens (tertiary/aromatic N) is 2. The number of carbonyl (C=O) groups is 1. The smallest absolute Gasteiger partial charge is 0.254 e. The first kappa shape index (κ1) is 20.6. The number of hydrogen-bond acceptors (Lipinski definition) is 7. The second-order valence-corrected chi connectivity index (χ2v) is 7.31. The molecular weight excluding hydrogens is 400 g/mol. The highest BCUT2D eigenvalue weighted by atomic mass is 32.1. The van der Waals surface area contributed by atoms with E-state index in [1.807, 2.05) is 6.07 Å². The molecular formula is C19H19F2N5O2S. The fraction of sp³-hybridized carbons (Fsp3) is 0.211. The number of hydrogen-bond donors (Lipinski definition) is 4. The Balaban J connectivity index is 1.66. The van der Waals surface area contributed by atoms with Gasteiger partial charge in [-0.25, -0.2) is 18.7 Å². The van der Waals surface area contributed by atoms with Crippen LogP contribution >= 0.6 is 11.3 Å². The Bertz CT molecular complexity index is 982. The number of anilines is 3. The van der Waals surface area contributed by atoms with Crippen LogP contribution in [-0.2, 0) is 6.54 Å². The van der Waals surface area contributed by atoms with Crippen molar-refractivity contribution in [2.45, 2.75) is 19.6 Å². The van der Waals surface area contributed by atoms with Gasteiger partial charge in [-0.2, -0.15) is 0 Å². The van der Waals surface area contributed by atoms with Crippen LogP contribution in [0.15, 0.2) is 42.7 Å². The number of aromatic nitrogens is 2. The lowest BCUT2D eigenvalue weighted by atomic mass is 10.1. The number of thiazole rings is 1. The molecule has 0 aliphatic heterocycles. The Morgan fingerprint density at radius 2 is 2.07 bits per heavy atom. The normalized spacial score (nSPS) is 11.7. The Morgan fingerprint density at radius 1 is 1.24 bits per heavy atom. The summed E-state index contributed by atoms with van der Waals surface area (Å²) in [6.45, 7) is 1.69. The highest BCUT2D eigenvalue weighted by Crippen LogP contribution is 2.24. The Morgan fingerprint density at radius 3 is 2.79 bits per heavy atom. The molecule has 0 unspecified atom stereocenters.